The van der Waals surface area contributed by atoms with E-state index in [-0.39, 0.29) is 35.4 Å². The second-order valence-electron chi connectivity index (χ2n) is 8.00. The molecule has 150 valence electrons. The largest absolute Gasteiger partial charge is 0.490 e. The zero-order chi connectivity index (χ0) is 19.7. The van der Waals surface area contributed by atoms with Crippen LogP contribution in [0.4, 0.5) is 0 Å². The summed E-state index contributed by atoms with van der Waals surface area (Å²) in [4.78, 5) is 26.7. The van der Waals surface area contributed by atoms with Crippen molar-refractivity contribution in [2.45, 2.75) is 37.9 Å². The van der Waals surface area contributed by atoms with Gasteiger partial charge < -0.3 is 19.7 Å². The van der Waals surface area contributed by atoms with Crippen LogP contribution in [-0.2, 0) is 9.53 Å². The molecule has 3 fully saturated rings. The highest BCUT2D eigenvalue weighted by molar-refractivity contribution is 5.95. The van der Waals surface area contributed by atoms with Crippen LogP contribution in [0.15, 0.2) is 36.9 Å². The summed E-state index contributed by atoms with van der Waals surface area (Å²) in [5, 5.41) is 3.02. The average molecular weight is 384 g/mol. The normalized spacial score (nSPS) is 30.2. The topological polar surface area (TPSA) is 67.9 Å². The Labute approximate surface area is 165 Å². The van der Waals surface area contributed by atoms with Crippen LogP contribution in [0.3, 0.4) is 0 Å². The molecule has 2 amide bonds. The van der Waals surface area contributed by atoms with E-state index in [0.717, 1.165) is 12.8 Å². The van der Waals surface area contributed by atoms with E-state index in [1.54, 1.807) is 12.1 Å². The first-order chi connectivity index (χ1) is 13.6. The number of nitrogens with zero attached hydrogens (tertiary/aromatic N) is 1. The van der Waals surface area contributed by atoms with E-state index in [4.69, 9.17) is 9.47 Å². The minimum atomic E-state index is -0.237. The molecule has 0 saturated carbocycles. The standard InChI is InChI=1S/C22H28N2O4/c1-3-10-27-16-7-5-6-15(11-16)21(26)24-13-18-17(12-23-20(25)4-2)19-8-9-22(18,14-24)28-19/h3,5-7,11,17-19H,1,4,8-10,12-14H2,2H3,(H,23,25)/t17-,18+,19+,22+/m0/s1. The lowest BCUT2D eigenvalue weighted by Crippen LogP contribution is -2.41. The Bertz CT molecular complexity index is 780. The second-order valence-corrected chi connectivity index (χ2v) is 8.00. The fourth-order valence-corrected chi connectivity index (χ4v) is 5.03. The Morgan fingerprint density at radius 2 is 2.32 bits per heavy atom. The highest BCUT2D eigenvalue weighted by Gasteiger charge is 2.63. The third kappa shape index (κ3) is 3.30. The smallest absolute Gasteiger partial charge is 0.254 e. The number of nitrogens with one attached hydrogen (secondary N) is 1. The first-order valence-electron chi connectivity index (χ1n) is 10.1. The van der Waals surface area contributed by atoms with Gasteiger partial charge in [0.2, 0.25) is 5.91 Å². The van der Waals surface area contributed by atoms with Crippen molar-refractivity contribution in [2.75, 3.05) is 26.2 Å². The maximum atomic E-state index is 13.1. The molecular formula is C22H28N2O4. The minimum Gasteiger partial charge on any atom is -0.490 e. The van der Waals surface area contributed by atoms with Crippen LogP contribution in [0.1, 0.15) is 36.5 Å². The fraction of sp³-hybridized carbons (Fsp3) is 0.545. The maximum absolute atomic E-state index is 13.1. The molecule has 4 atom stereocenters. The van der Waals surface area contributed by atoms with Gasteiger partial charge in [-0.1, -0.05) is 25.6 Å². The van der Waals surface area contributed by atoms with Gasteiger partial charge in [-0.25, -0.2) is 0 Å². The first kappa shape index (κ1) is 19.0. The molecule has 3 aliphatic rings. The summed E-state index contributed by atoms with van der Waals surface area (Å²) in [6.45, 7) is 7.86. The van der Waals surface area contributed by atoms with Gasteiger partial charge in [0.1, 0.15) is 12.4 Å². The Balaban J connectivity index is 1.46. The van der Waals surface area contributed by atoms with Crippen molar-refractivity contribution in [3.63, 3.8) is 0 Å². The van der Waals surface area contributed by atoms with Crippen LogP contribution in [-0.4, -0.2) is 54.7 Å². The number of fused-ring (bicyclic) bond motifs is 1. The SMILES string of the molecule is C=CCOc1cccc(C(=O)N2C[C@@H]3[C@H](CNC(=O)CC)[C@H]4CC[C@]3(C2)O4)c1. The summed E-state index contributed by atoms with van der Waals surface area (Å²) in [6.07, 6.45) is 4.38. The van der Waals surface area contributed by atoms with E-state index < -0.39 is 0 Å². The fourth-order valence-electron chi connectivity index (χ4n) is 5.03. The van der Waals surface area contributed by atoms with Crippen molar-refractivity contribution in [3.8, 4) is 5.75 Å². The third-order valence-corrected chi connectivity index (χ3v) is 6.38. The van der Waals surface area contributed by atoms with Gasteiger partial charge in [-0.15, -0.1) is 0 Å². The van der Waals surface area contributed by atoms with Gasteiger partial charge in [0.05, 0.1) is 18.2 Å². The summed E-state index contributed by atoms with van der Waals surface area (Å²) < 4.78 is 11.9. The number of carbonyl (C=O) groups excluding carboxylic acids is 2. The molecule has 28 heavy (non-hydrogen) atoms. The summed E-state index contributed by atoms with van der Waals surface area (Å²) in [5.74, 6) is 1.31. The van der Waals surface area contributed by atoms with Crippen molar-refractivity contribution in [1.29, 1.82) is 0 Å². The molecule has 2 bridgehead atoms. The summed E-state index contributed by atoms with van der Waals surface area (Å²) in [6, 6.07) is 7.29. The Morgan fingerprint density at radius 3 is 3.11 bits per heavy atom. The Morgan fingerprint density at radius 1 is 1.46 bits per heavy atom. The third-order valence-electron chi connectivity index (χ3n) is 6.38. The Kier molecular flexibility index (Phi) is 5.15. The minimum absolute atomic E-state index is 0.0104. The van der Waals surface area contributed by atoms with Crippen LogP contribution in [0, 0.1) is 11.8 Å². The maximum Gasteiger partial charge on any atom is 0.254 e. The van der Waals surface area contributed by atoms with Gasteiger partial charge in [0, 0.05) is 36.9 Å². The second kappa shape index (κ2) is 7.59. The van der Waals surface area contributed by atoms with E-state index in [0.29, 0.717) is 44.0 Å². The highest BCUT2D eigenvalue weighted by Crippen LogP contribution is 2.54. The molecule has 6 nitrogen and oxygen atoms in total. The number of carbonyl (C=O) groups is 2. The first-order valence-corrected chi connectivity index (χ1v) is 10.1. The van der Waals surface area contributed by atoms with Gasteiger partial charge in [-0.05, 0) is 31.0 Å². The monoisotopic (exact) mass is 384 g/mol. The van der Waals surface area contributed by atoms with Gasteiger partial charge >= 0.3 is 0 Å². The molecule has 0 unspecified atom stereocenters. The van der Waals surface area contributed by atoms with E-state index in [9.17, 15) is 9.59 Å². The van der Waals surface area contributed by atoms with Crippen LogP contribution in [0.25, 0.3) is 0 Å². The van der Waals surface area contributed by atoms with Crippen molar-refractivity contribution < 1.29 is 19.1 Å². The molecule has 0 aliphatic carbocycles. The summed E-state index contributed by atoms with van der Waals surface area (Å²) in [7, 11) is 0. The predicted molar refractivity (Wildman–Crippen MR) is 105 cm³/mol. The zero-order valence-corrected chi connectivity index (χ0v) is 16.4. The van der Waals surface area contributed by atoms with E-state index >= 15 is 0 Å². The lowest BCUT2D eigenvalue weighted by Gasteiger charge is -2.29. The summed E-state index contributed by atoms with van der Waals surface area (Å²) in [5.41, 5.74) is 0.391. The summed E-state index contributed by atoms with van der Waals surface area (Å²) >= 11 is 0. The number of hydrogen-bond acceptors (Lipinski definition) is 4. The number of hydrogen-bond donors (Lipinski definition) is 1. The van der Waals surface area contributed by atoms with E-state index in [1.165, 1.54) is 0 Å². The number of ether oxygens (including phenoxy) is 2. The average Bonchev–Trinajstić information content (AvgIpc) is 3.38. The predicted octanol–water partition coefficient (Wildman–Crippen LogP) is 2.40. The zero-order valence-electron chi connectivity index (χ0n) is 16.4. The molecule has 1 aromatic rings. The number of amides is 2. The molecular weight excluding hydrogens is 356 g/mol. The van der Waals surface area contributed by atoms with Crippen LogP contribution >= 0.6 is 0 Å². The van der Waals surface area contributed by atoms with E-state index in [1.807, 2.05) is 30.0 Å². The van der Waals surface area contributed by atoms with Crippen LogP contribution in [0.2, 0.25) is 0 Å². The molecule has 1 N–H and O–H groups in total. The van der Waals surface area contributed by atoms with Gasteiger partial charge in [0.25, 0.3) is 5.91 Å². The molecule has 4 rings (SSSR count). The lowest BCUT2D eigenvalue weighted by atomic mass is 9.73. The number of benzene rings is 1. The van der Waals surface area contributed by atoms with Crippen LogP contribution in [0.5, 0.6) is 5.75 Å². The Hall–Kier alpha value is -2.34. The lowest BCUT2D eigenvalue weighted by molar-refractivity contribution is -0.121. The molecule has 1 spiro atoms. The van der Waals surface area contributed by atoms with Gasteiger partial charge in [0.15, 0.2) is 0 Å². The molecule has 0 aromatic heterocycles. The molecule has 3 aliphatic heterocycles. The molecule has 6 heteroatoms. The van der Waals surface area contributed by atoms with Crippen LogP contribution < -0.4 is 10.1 Å². The molecule has 3 heterocycles. The van der Waals surface area contributed by atoms with Crippen molar-refractivity contribution >= 4 is 11.8 Å². The molecule has 0 radical (unpaired) electrons. The van der Waals surface area contributed by atoms with Gasteiger partial charge in [-0.3, -0.25) is 9.59 Å². The number of rotatable bonds is 7. The number of likely N-dealkylation sites (tertiary alicyclic amines) is 1. The molecule has 1 aromatic carbocycles. The van der Waals surface area contributed by atoms with Crippen molar-refractivity contribution in [3.05, 3.63) is 42.5 Å². The van der Waals surface area contributed by atoms with Crippen molar-refractivity contribution in [2.24, 2.45) is 11.8 Å². The van der Waals surface area contributed by atoms with E-state index in [2.05, 4.69) is 11.9 Å². The molecule has 3 saturated heterocycles. The van der Waals surface area contributed by atoms with Gasteiger partial charge in [-0.2, -0.15) is 0 Å². The highest BCUT2D eigenvalue weighted by atomic mass is 16.5. The van der Waals surface area contributed by atoms with Crippen molar-refractivity contribution in [1.82, 2.24) is 10.2 Å². The quantitative estimate of drug-likeness (QED) is 0.733.